The maximum Gasteiger partial charge on any atom is 0.257 e. The van der Waals surface area contributed by atoms with Crippen molar-refractivity contribution in [1.82, 2.24) is 14.7 Å². The summed E-state index contributed by atoms with van der Waals surface area (Å²) in [5.74, 6) is -0.771. The normalized spacial score (nSPS) is 13.3. The lowest BCUT2D eigenvalue weighted by molar-refractivity contribution is 0.0701. The molecule has 3 aromatic rings. The monoisotopic (exact) mass is 383 g/mol. The van der Waals surface area contributed by atoms with Gasteiger partial charge in [-0.05, 0) is 42.8 Å². The zero-order chi connectivity index (χ0) is 19.7. The number of halogens is 2. The van der Waals surface area contributed by atoms with Crippen molar-refractivity contribution in [1.29, 1.82) is 0 Å². The van der Waals surface area contributed by atoms with Crippen LogP contribution in [0.1, 0.15) is 27.3 Å². The number of fused-ring (bicyclic) bond motifs is 1. The molecule has 0 fully saturated rings. The van der Waals surface area contributed by atoms with Crippen molar-refractivity contribution in [3.05, 3.63) is 82.7 Å². The average Bonchev–Trinajstić information content (AvgIpc) is 3.08. The largest absolute Gasteiger partial charge is 0.487 e. The van der Waals surface area contributed by atoms with Gasteiger partial charge in [0.15, 0.2) is 0 Å². The summed E-state index contributed by atoms with van der Waals surface area (Å²) in [4.78, 5) is 14.3. The van der Waals surface area contributed by atoms with Gasteiger partial charge in [0.1, 0.15) is 29.7 Å². The van der Waals surface area contributed by atoms with Gasteiger partial charge < -0.3 is 9.64 Å². The lowest BCUT2D eigenvalue weighted by Gasteiger charge is -2.27. The van der Waals surface area contributed by atoms with E-state index < -0.39 is 5.82 Å². The van der Waals surface area contributed by atoms with Crippen molar-refractivity contribution in [2.45, 2.75) is 26.6 Å². The highest BCUT2D eigenvalue weighted by Gasteiger charge is 2.25. The molecule has 0 radical (unpaired) electrons. The minimum atomic E-state index is -0.506. The number of nitrogens with zero attached hydrogens (tertiary/aromatic N) is 3. The minimum Gasteiger partial charge on any atom is -0.487 e. The lowest BCUT2D eigenvalue weighted by atomic mass is 10.1. The van der Waals surface area contributed by atoms with Crippen molar-refractivity contribution in [3.63, 3.8) is 0 Å². The summed E-state index contributed by atoms with van der Waals surface area (Å²) in [6, 6.07) is 12.4. The predicted octanol–water partition coefficient (Wildman–Crippen LogP) is 3.70. The van der Waals surface area contributed by atoms with Crippen LogP contribution in [0.15, 0.2) is 48.5 Å². The Morgan fingerprint density at radius 1 is 1.14 bits per heavy atom. The summed E-state index contributed by atoms with van der Waals surface area (Å²) in [6.45, 7) is 3.30. The Bertz CT molecular complexity index is 1030. The molecule has 0 aliphatic carbocycles. The van der Waals surface area contributed by atoms with Crippen LogP contribution < -0.4 is 4.74 Å². The van der Waals surface area contributed by atoms with E-state index in [4.69, 9.17) is 4.74 Å². The van der Waals surface area contributed by atoms with Crippen molar-refractivity contribution >= 4 is 5.91 Å². The van der Waals surface area contributed by atoms with Crippen LogP contribution in [0.25, 0.3) is 0 Å². The third-order valence-corrected chi connectivity index (χ3v) is 4.67. The number of aromatic nitrogens is 2. The van der Waals surface area contributed by atoms with E-state index in [0.717, 1.165) is 11.3 Å². The molecule has 1 amide bonds. The number of hydrogen-bond donors (Lipinski definition) is 0. The summed E-state index contributed by atoms with van der Waals surface area (Å²) >= 11 is 0. The van der Waals surface area contributed by atoms with Crippen LogP contribution in [0.2, 0.25) is 0 Å². The van der Waals surface area contributed by atoms with Gasteiger partial charge in [0.05, 0.1) is 24.3 Å². The highest BCUT2D eigenvalue weighted by atomic mass is 19.1. The van der Waals surface area contributed by atoms with Crippen LogP contribution in [0.5, 0.6) is 5.75 Å². The number of ether oxygens (including phenoxy) is 1. The predicted molar refractivity (Wildman–Crippen MR) is 98.8 cm³/mol. The highest BCUT2D eigenvalue weighted by Crippen LogP contribution is 2.20. The van der Waals surface area contributed by atoms with Gasteiger partial charge in [-0.2, -0.15) is 5.10 Å². The number of aryl methyl sites for hydroxylation is 1. The molecule has 0 saturated heterocycles. The zero-order valence-corrected chi connectivity index (χ0v) is 15.4. The molecular formula is C21H19F2N3O2. The summed E-state index contributed by atoms with van der Waals surface area (Å²) in [5.41, 5.74) is 2.39. The van der Waals surface area contributed by atoms with E-state index in [2.05, 4.69) is 5.10 Å². The first-order valence-electron chi connectivity index (χ1n) is 8.99. The molecular weight excluding hydrogens is 364 g/mol. The van der Waals surface area contributed by atoms with Gasteiger partial charge in [-0.15, -0.1) is 0 Å². The molecule has 0 unspecified atom stereocenters. The molecule has 1 aliphatic rings. The first kappa shape index (κ1) is 18.2. The maximum atomic E-state index is 14.1. The first-order chi connectivity index (χ1) is 13.5. The number of carbonyl (C=O) groups is 1. The number of amides is 1. The Morgan fingerprint density at radius 3 is 2.79 bits per heavy atom. The van der Waals surface area contributed by atoms with Crippen LogP contribution in [0.4, 0.5) is 8.78 Å². The third-order valence-electron chi connectivity index (χ3n) is 4.67. The highest BCUT2D eigenvalue weighted by molar-refractivity contribution is 5.94. The van der Waals surface area contributed by atoms with E-state index >= 15 is 0 Å². The Balaban J connectivity index is 1.45. The summed E-state index contributed by atoms with van der Waals surface area (Å²) in [7, 11) is 0. The first-order valence-corrected chi connectivity index (χ1v) is 8.99. The zero-order valence-electron chi connectivity index (χ0n) is 15.4. The average molecular weight is 383 g/mol. The smallest absolute Gasteiger partial charge is 0.257 e. The standard InChI is InChI=1S/C21H19F2N3O2/c1-14-5-6-19(20(23)9-14)21(27)25-7-8-26-17(12-25)11-16(24-26)13-28-18-4-2-3-15(22)10-18/h2-6,9-11H,7-8,12-13H2,1H3. The van der Waals surface area contributed by atoms with Crippen LogP contribution in [-0.2, 0) is 19.7 Å². The molecule has 1 aliphatic heterocycles. The molecule has 4 rings (SSSR count). The topological polar surface area (TPSA) is 47.4 Å². The molecule has 2 aromatic carbocycles. The van der Waals surface area contributed by atoms with Crippen molar-refractivity contribution in [2.75, 3.05) is 6.54 Å². The number of benzene rings is 2. The molecule has 0 bridgehead atoms. The van der Waals surface area contributed by atoms with Crippen LogP contribution >= 0.6 is 0 Å². The van der Waals surface area contributed by atoms with Crippen LogP contribution in [0.3, 0.4) is 0 Å². The van der Waals surface area contributed by atoms with Gasteiger partial charge in [-0.25, -0.2) is 8.78 Å². The molecule has 28 heavy (non-hydrogen) atoms. The molecule has 0 N–H and O–H groups in total. The van der Waals surface area contributed by atoms with E-state index in [1.165, 1.54) is 24.3 Å². The van der Waals surface area contributed by atoms with Crippen molar-refractivity contribution < 1.29 is 18.3 Å². The Kier molecular flexibility index (Phi) is 4.81. The molecule has 2 heterocycles. The van der Waals surface area contributed by atoms with Gasteiger partial charge in [-0.3, -0.25) is 9.48 Å². The van der Waals surface area contributed by atoms with E-state index in [1.807, 2.05) is 10.7 Å². The van der Waals surface area contributed by atoms with Gasteiger partial charge >= 0.3 is 0 Å². The fourth-order valence-electron chi connectivity index (χ4n) is 3.25. The SMILES string of the molecule is Cc1ccc(C(=O)N2CCn3nc(COc4cccc(F)c4)cc3C2)c(F)c1. The quantitative estimate of drug-likeness (QED) is 0.690. The summed E-state index contributed by atoms with van der Waals surface area (Å²) in [5, 5.41) is 4.47. The van der Waals surface area contributed by atoms with Crippen LogP contribution in [0, 0.1) is 18.6 Å². The second-order valence-electron chi connectivity index (χ2n) is 6.81. The molecule has 0 spiro atoms. The van der Waals surface area contributed by atoms with Gasteiger partial charge in [0, 0.05) is 12.6 Å². The van der Waals surface area contributed by atoms with Gasteiger partial charge in [-0.1, -0.05) is 12.1 Å². The van der Waals surface area contributed by atoms with E-state index in [9.17, 15) is 13.6 Å². The van der Waals surface area contributed by atoms with E-state index in [0.29, 0.717) is 31.1 Å². The van der Waals surface area contributed by atoms with E-state index in [-0.39, 0.29) is 23.9 Å². The lowest BCUT2D eigenvalue weighted by Crippen LogP contribution is -2.38. The van der Waals surface area contributed by atoms with Crippen LogP contribution in [-0.4, -0.2) is 27.1 Å². The van der Waals surface area contributed by atoms with Crippen molar-refractivity contribution in [2.24, 2.45) is 0 Å². The molecule has 1 aromatic heterocycles. The minimum absolute atomic E-state index is 0.0771. The number of rotatable bonds is 4. The van der Waals surface area contributed by atoms with E-state index in [1.54, 1.807) is 30.0 Å². The van der Waals surface area contributed by atoms with Gasteiger partial charge in [0.2, 0.25) is 0 Å². The molecule has 7 heteroatoms. The number of carbonyl (C=O) groups excluding carboxylic acids is 1. The van der Waals surface area contributed by atoms with Gasteiger partial charge in [0.25, 0.3) is 5.91 Å². The maximum absolute atomic E-state index is 14.1. The molecule has 0 atom stereocenters. The second-order valence-corrected chi connectivity index (χ2v) is 6.81. The number of hydrogen-bond acceptors (Lipinski definition) is 3. The third kappa shape index (κ3) is 3.74. The summed E-state index contributed by atoms with van der Waals surface area (Å²) in [6.07, 6.45) is 0. The second kappa shape index (κ2) is 7.42. The Hall–Kier alpha value is -3.22. The van der Waals surface area contributed by atoms with Crippen molar-refractivity contribution in [3.8, 4) is 5.75 Å². The summed E-state index contributed by atoms with van der Waals surface area (Å²) < 4.78 is 34.8. The Morgan fingerprint density at radius 2 is 2.00 bits per heavy atom. The molecule has 0 saturated carbocycles. The fraction of sp³-hybridized carbons (Fsp3) is 0.238. The molecule has 144 valence electrons. The fourth-order valence-corrected chi connectivity index (χ4v) is 3.25. The Labute approximate surface area is 161 Å². The molecule has 5 nitrogen and oxygen atoms in total.